The summed E-state index contributed by atoms with van der Waals surface area (Å²) in [5.74, 6) is -4.64. The van der Waals surface area contributed by atoms with Gasteiger partial charge >= 0.3 is 5.97 Å². The molecule has 3 aliphatic rings. The van der Waals surface area contributed by atoms with Crippen molar-refractivity contribution in [2.24, 2.45) is 22.7 Å². The van der Waals surface area contributed by atoms with Gasteiger partial charge < -0.3 is 15.3 Å². The van der Waals surface area contributed by atoms with Crippen molar-refractivity contribution in [1.29, 1.82) is 0 Å². The SMILES string of the molecule is CC(C)(C)CN(C(=O)[C@H]1[C@@H](C(=O)O)C2(C(=O)Nc3c(Cl)cc(Cl)cc32)N2CC(C)(C)C[C@@H]12)c1cc(Cl)cc(Cl)c1. The average Bonchev–Trinajstić information content (AvgIpc) is 3.37. The van der Waals surface area contributed by atoms with Gasteiger partial charge in [0.2, 0.25) is 5.91 Å². The average molecular weight is 627 g/mol. The number of aliphatic carboxylic acids is 1. The number of carbonyl (C=O) groups excluding carboxylic acids is 2. The van der Waals surface area contributed by atoms with Gasteiger partial charge in [-0.15, -0.1) is 0 Å². The summed E-state index contributed by atoms with van der Waals surface area (Å²) in [6.07, 6.45) is 0.519. The lowest BCUT2D eigenvalue weighted by Gasteiger charge is -2.37. The quantitative estimate of drug-likeness (QED) is 0.383. The molecule has 2 N–H and O–H groups in total. The van der Waals surface area contributed by atoms with Crippen LogP contribution < -0.4 is 10.2 Å². The Balaban J connectivity index is 1.74. The molecular formula is C29H31Cl4N3O4. The Morgan fingerprint density at radius 1 is 1.05 bits per heavy atom. The number of benzene rings is 2. The van der Waals surface area contributed by atoms with Crippen LogP contribution >= 0.6 is 46.4 Å². The van der Waals surface area contributed by atoms with Gasteiger partial charge in [-0.2, -0.15) is 0 Å². The van der Waals surface area contributed by atoms with Crippen molar-refractivity contribution in [3.63, 3.8) is 0 Å². The van der Waals surface area contributed by atoms with E-state index in [0.29, 0.717) is 39.9 Å². The van der Waals surface area contributed by atoms with Crippen LogP contribution in [-0.4, -0.2) is 46.9 Å². The van der Waals surface area contributed by atoms with Crippen molar-refractivity contribution in [1.82, 2.24) is 4.90 Å². The van der Waals surface area contributed by atoms with Crippen LogP contribution in [0, 0.1) is 22.7 Å². The fraction of sp³-hybridized carbons (Fsp3) is 0.483. The topological polar surface area (TPSA) is 90.0 Å². The molecule has 4 atom stereocenters. The summed E-state index contributed by atoms with van der Waals surface area (Å²) in [5, 5.41) is 14.8. The molecular weight excluding hydrogens is 596 g/mol. The van der Waals surface area contributed by atoms with Crippen molar-refractivity contribution in [3.05, 3.63) is 56.0 Å². The molecule has 1 spiro atoms. The van der Waals surface area contributed by atoms with E-state index < -0.39 is 41.2 Å². The Bertz CT molecular complexity index is 1420. The van der Waals surface area contributed by atoms with Gasteiger partial charge in [0.05, 0.1) is 16.6 Å². The largest absolute Gasteiger partial charge is 0.481 e. The molecule has 3 aliphatic heterocycles. The molecule has 0 aliphatic carbocycles. The van der Waals surface area contributed by atoms with Crippen LogP contribution in [0.15, 0.2) is 30.3 Å². The van der Waals surface area contributed by atoms with E-state index in [1.54, 1.807) is 29.2 Å². The molecule has 2 aromatic rings. The van der Waals surface area contributed by atoms with Gasteiger partial charge in [-0.05, 0) is 47.6 Å². The summed E-state index contributed by atoms with van der Waals surface area (Å²) < 4.78 is 0. The molecule has 0 aromatic heterocycles. The number of rotatable bonds is 4. The third-order valence-corrected chi connectivity index (χ3v) is 9.05. The maximum atomic E-state index is 14.8. The lowest BCUT2D eigenvalue weighted by molar-refractivity contribution is -0.152. The minimum atomic E-state index is -1.67. The zero-order valence-electron chi connectivity index (χ0n) is 22.8. The molecule has 214 valence electrons. The van der Waals surface area contributed by atoms with Gasteiger partial charge in [0, 0.05) is 45.5 Å². The number of carbonyl (C=O) groups is 3. The molecule has 2 amide bonds. The second kappa shape index (κ2) is 9.77. The van der Waals surface area contributed by atoms with E-state index >= 15 is 0 Å². The van der Waals surface area contributed by atoms with Crippen molar-refractivity contribution < 1.29 is 19.5 Å². The smallest absolute Gasteiger partial charge is 0.310 e. The van der Waals surface area contributed by atoms with Crippen LogP contribution in [0.1, 0.15) is 46.6 Å². The van der Waals surface area contributed by atoms with Crippen LogP contribution in [0.3, 0.4) is 0 Å². The first-order chi connectivity index (χ1) is 18.5. The molecule has 3 heterocycles. The van der Waals surface area contributed by atoms with Crippen LogP contribution in [0.4, 0.5) is 11.4 Å². The minimum absolute atomic E-state index is 0.213. The number of hydrogen-bond acceptors (Lipinski definition) is 4. The van der Waals surface area contributed by atoms with Crippen LogP contribution in [0.2, 0.25) is 20.1 Å². The zero-order valence-corrected chi connectivity index (χ0v) is 25.8. The number of anilines is 2. The Morgan fingerprint density at radius 3 is 2.23 bits per heavy atom. The maximum Gasteiger partial charge on any atom is 0.310 e. The second-order valence-corrected chi connectivity index (χ2v) is 14.8. The van der Waals surface area contributed by atoms with E-state index in [4.69, 9.17) is 46.4 Å². The van der Waals surface area contributed by atoms with Crippen molar-refractivity contribution in [3.8, 4) is 0 Å². The summed E-state index contributed by atoms with van der Waals surface area (Å²) in [4.78, 5) is 45.5. The van der Waals surface area contributed by atoms with Gasteiger partial charge in [0.15, 0.2) is 0 Å². The molecule has 5 rings (SSSR count). The van der Waals surface area contributed by atoms with E-state index in [0.717, 1.165) is 0 Å². The monoisotopic (exact) mass is 625 g/mol. The first-order valence-corrected chi connectivity index (χ1v) is 14.6. The number of hydrogen-bond donors (Lipinski definition) is 2. The van der Waals surface area contributed by atoms with Crippen molar-refractivity contribution >= 4 is 75.6 Å². The van der Waals surface area contributed by atoms with Gasteiger partial charge in [-0.3, -0.25) is 19.3 Å². The van der Waals surface area contributed by atoms with Gasteiger partial charge in [-0.1, -0.05) is 81.0 Å². The molecule has 0 radical (unpaired) electrons. The summed E-state index contributed by atoms with van der Waals surface area (Å²) in [5.41, 5.74) is -1.14. The highest BCUT2D eigenvalue weighted by molar-refractivity contribution is 6.38. The standard InChI is InChI=1S/C29H31Cl4N3O4/c1-27(2,3)12-35(17-7-14(30)6-15(31)8-17)24(37)21-20-11-28(4,5)13-36(20)29(22(21)25(38)39)18-9-16(32)10-19(33)23(18)34-26(29)40/h6-10,20-22H,11-13H2,1-5H3,(H,34,40)(H,38,39)/t20-,21+,22-,29?/m0/s1. The molecule has 11 heteroatoms. The third kappa shape index (κ3) is 4.68. The molecule has 2 saturated heterocycles. The highest BCUT2D eigenvalue weighted by Gasteiger charge is 2.73. The van der Waals surface area contributed by atoms with E-state index in [-0.39, 0.29) is 27.4 Å². The lowest BCUT2D eigenvalue weighted by Crippen LogP contribution is -2.54. The summed E-state index contributed by atoms with van der Waals surface area (Å²) in [7, 11) is 0. The van der Waals surface area contributed by atoms with Gasteiger partial charge in [0.25, 0.3) is 5.91 Å². The van der Waals surface area contributed by atoms with Crippen LogP contribution in [0.25, 0.3) is 0 Å². The van der Waals surface area contributed by atoms with Crippen LogP contribution in [0.5, 0.6) is 0 Å². The lowest BCUT2D eigenvalue weighted by atomic mass is 9.71. The maximum absolute atomic E-state index is 14.8. The number of nitrogens with one attached hydrogen (secondary N) is 1. The molecule has 1 unspecified atom stereocenters. The molecule has 7 nitrogen and oxygen atoms in total. The summed E-state index contributed by atoms with van der Waals surface area (Å²) in [6, 6.07) is 7.43. The fourth-order valence-corrected chi connectivity index (χ4v) is 7.95. The Morgan fingerprint density at radius 2 is 1.65 bits per heavy atom. The van der Waals surface area contributed by atoms with E-state index in [1.807, 2.05) is 25.7 Å². The molecule has 0 saturated carbocycles. The van der Waals surface area contributed by atoms with E-state index in [1.165, 1.54) is 6.07 Å². The van der Waals surface area contributed by atoms with Gasteiger partial charge in [-0.25, -0.2) is 0 Å². The minimum Gasteiger partial charge on any atom is -0.481 e. The predicted molar refractivity (Wildman–Crippen MR) is 159 cm³/mol. The van der Waals surface area contributed by atoms with Crippen molar-refractivity contribution in [2.45, 2.75) is 52.6 Å². The number of carboxylic acid groups (broad SMARTS) is 1. The molecule has 2 fully saturated rings. The number of carboxylic acids is 1. The second-order valence-electron chi connectivity index (χ2n) is 13.0. The van der Waals surface area contributed by atoms with E-state index in [9.17, 15) is 19.5 Å². The first kappa shape index (κ1) is 29.5. The van der Waals surface area contributed by atoms with E-state index in [2.05, 4.69) is 19.2 Å². The predicted octanol–water partition coefficient (Wildman–Crippen LogP) is 6.96. The summed E-state index contributed by atoms with van der Waals surface area (Å²) in [6.45, 7) is 10.7. The van der Waals surface area contributed by atoms with Crippen LogP contribution in [-0.2, 0) is 19.9 Å². The normalized spacial score (nSPS) is 27.0. The number of nitrogens with zero attached hydrogens (tertiary/aromatic N) is 2. The van der Waals surface area contributed by atoms with Gasteiger partial charge in [0.1, 0.15) is 11.5 Å². The fourth-order valence-electron chi connectivity index (χ4n) is 6.90. The Kier molecular flexibility index (Phi) is 7.20. The van der Waals surface area contributed by atoms with Crippen molar-refractivity contribution in [2.75, 3.05) is 23.3 Å². The number of halogens is 4. The Hall–Kier alpha value is -2.03. The highest BCUT2D eigenvalue weighted by atomic mass is 35.5. The molecule has 40 heavy (non-hydrogen) atoms. The first-order valence-electron chi connectivity index (χ1n) is 13.0. The highest BCUT2D eigenvalue weighted by Crippen LogP contribution is 2.61. The molecule has 0 bridgehead atoms. The third-order valence-electron chi connectivity index (χ3n) is 8.10. The number of fused-ring (bicyclic) bond motifs is 4. The summed E-state index contributed by atoms with van der Waals surface area (Å²) >= 11 is 25.6. The number of amides is 2. The Labute approximate surface area is 253 Å². The zero-order chi connectivity index (χ0) is 29.5. The molecule has 2 aromatic carbocycles.